The Morgan fingerprint density at radius 1 is 1.45 bits per heavy atom. The fourth-order valence-electron chi connectivity index (χ4n) is 1.67. The number of ether oxygens (including phenoxy) is 2. The van der Waals surface area contributed by atoms with E-state index in [4.69, 9.17) is 14.6 Å². The molecule has 0 aliphatic heterocycles. The van der Waals surface area contributed by atoms with Crippen molar-refractivity contribution >= 4 is 11.9 Å². The first-order chi connectivity index (χ1) is 9.51. The van der Waals surface area contributed by atoms with E-state index in [1.807, 2.05) is 6.92 Å². The number of hydrogen-bond donors (Lipinski definition) is 1. The second-order valence-electron chi connectivity index (χ2n) is 4.18. The normalized spacial score (nSPS) is 12.2. The van der Waals surface area contributed by atoms with Crippen molar-refractivity contribution < 1.29 is 28.7 Å². The lowest BCUT2D eigenvalue weighted by atomic mass is 10.2. The molecule has 1 atom stereocenters. The van der Waals surface area contributed by atoms with Gasteiger partial charge in [-0.05, 0) is 6.92 Å². The van der Waals surface area contributed by atoms with Crippen molar-refractivity contribution in [3.05, 3.63) is 17.5 Å². The van der Waals surface area contributed by atoms with Gasteiger partial charge in [0.15, 0.2) is 5.69 Å². The number of carboxylic acid groups (broad SMARTS) is 1. The predicted octanol–water partition coefficient (Wildman–Crippen LogP) is 0.496. The predicted molar refractivity (Wildman–Crippen MR) is 67.7 cm³/mol. The SMILES string of the molecule is COCCN(C(=O)c1cc(C(=O)O)on1)C(C)COC. The van der Waals surface area contributed by atoms with Crippen molar-refractivity contribution in [2.24, 2.45) is 0 Å². The maximum Gasteiger partial charge on any atom is 0.374 e. The number of aromatic carboxylic acids is 1. The topological polar surface area (TPSA) is 102 Å². The summed E-state index contributed by atoms with van der Waals surface area (Å²) in [6.45, 7) is 2.85. The fraction of sp³-hybridized carbons (Fsp3) is 0.583. The summed E-state index contributed by atoms with van der Waals surface area (Å²) in [6, 6.07) is 0.900. The highest BCUT2D eigenvalue weighted by Gasteiger charge is 2.25. The van der Waals surface area contributed by atoms with E-state index in [2.05, 4.69) is 9.68 Å². The summed E-state index contributed by atoms with van der Waals surface area (Å²) in [5.41, 5.74) is -0.0542. The van der Waals surface area contributed by atoms with E-state index in [1.54, 1.807) is 0 Å². The molecule has 1 aromatic heterocycles. The minimum absolute atomic E-state index is 0.0542. The minimum Gasteiger partial charge on any atom is -0.475 e. The molecule has 1 aromatic rings. The molecule has 20 heavy (non-hydrogen) atoms. The molecule has 1 amide bonds. The van der Waals surface area contributed by atoms with Crippen LogP contribution in [0.2, 0.25) is 0 Å². The second kappa shape index (κ2) is 7.61. The van der Waals surface area contributed by atoms with Crippen molar-refractivity contribution in [3.63, 3.8) is 0 Å². The van der Waals surface area contributed by atoms with Gasteiger partial charge in [-0.25, -0.2) is 4.79 Å². The van der Waals surface area contributed by atoms with E-state index >= 15 is 0 Å². The van der Waals surface area contributed by atoms with Gasteiger partial charge in [-0.1, -0.05) is 5.16 Å². The number of rotatable bonds is 8. The molecule has 0 spiro atoms. The lowest BCUT2D eigenvalue weighted by Gasteiger charge is -2.27. The molecule has 0 saturated carbocycles. The third kappa shape index (κ3) is 4.04. The average Bonchev–Trinajstić information content (AvgIpc) is 2.89. The third-order valence-electron chi connectivity index (χ3n) is 2.68. The molecule has 0 bridgehead atoms. The zero-order valence-electron chi connectivity index (χ0n) is 11.7. The van der Waals surface area contributed by atoms with Gasteiger partial charge in [-0.3, -0.25) is 4.79 Å². The highest BCUT2D eigenvalue weighted by molar-refractivity contribution is 5.95. The van der Waals surface area contributed by atoms with Gasteiger partial charge >= 0.3 is 5.97 Å². The Morgan fingerprint density at radius 3 is 2.65 bits per heavy atom. The Hall–Kier alpha value is -1.93. The minimum atomic E-state index is -1.27. The molecule has 1 N–H and O–H groups in total. The number of hydrogen-bond acceptors (Lipinski definition) is 6. The maximum absolute atomic E-state index is 12.3. The number of amides is 1. The van der Waals surface area contributed by atoms with Gasteiger partial charge in [0.2, 0.25) is 5.76 Å². The molecule has 8 nitrogen and oxygen atoms in total. The Balaban J connectivity index is 2.87. The quantitative estimate of drug-likeness (QED) is 0.742. The zero-order chi connectivity index (χ0) is 15.1. The summed E-state index contributed by atoms with van der Waals surface area (Å²) in [7, 11) is 3.07. The summed E-state index contributed by atoms with van der Waals surface area (Å²) in [5, 5.41) is 12.2. The molecular formula is C12H18N2O6. The van der Waals surface area contributed by atoms with E-state index in [-0.39, 0.29) is 17.5 Å². The first kappa shape index (κ1) is 16.1. The van der Waals surface area contributed by atoms with Crippen molar-refractivity contribution in [2.75, 3.05) is 34.0 Å². The largest absolute Gasteiger partial charge is 0.475 e. The summed E-state index contributed by atoms with van der Waals surface area (Å²) in [4.78, 5) is 24.5. The van der Waals surface area contributed by atoms with Gasteiger partial charge < -0.3 is 24.0 Å². The smallest absolute Gasteiger partial charge is 0.374 e. The molecule has 0 radical (unpaired) electrons. The van der Waals surface area contributed by atoms with Crippen molar-refractivity contribution in [3.8, 4) is 0 Å². The van der Waals surface area contributed by atoms with E-state index in [1.165, 1.54) is 19.1 Å². The molecule has 1 unspecified atom stereocenters. The number of methoxy groups -OCH3 is 2. The molecule has 1 rings (SSSR count). The number of carbonyl (C=O) groups excluding carboxylic acids is 1. The summed E-state index contributed by atoms with van der Waals surface area (Å²) in [5.74, 6) is -2.08. The van der Waals surface area contributed by atoms with Gasteiger partial charge in [0.25, 0.3) is 5.91 Å². The van der Waals surface area contributed by atoms with Crippen LogP contribution in [0.1, 0.15) is 28.0 Å². The molecule has 0 aliphatic carbocycles. The lowest BCUT2D eigenvalue weighted by molar-refractivity contribution is 0.0469. The van der Waals surface area contributed by atoms with Crippen LogP contribution in [-0.4, -0.2) is 67.1 Å². The molecule has 0 saturated heterocycles. The third-order valence-corrected chi connectivity index (χ3v) is 2.68. The number of nitrogens with zero attached hydrogens (tertiary/aromatic N) is 2. The zero-order valence-corrected chi connectivity index (χ0v) is 11.7. The molecule has 0 fully saturated rings. The molecule has 0 aliphatic rings. The molecule has 0 aromatic carbocycles. The standard InChI is InChI=1S/C12H18N2O6/c1-8(7-19-3)14(4-5-18-2)11(15)9-6-10(12(16)17)20-13-9/h6,8H,4-5,7H2,1-3H3,(H,16,17). The van der Waals surface area contributed by atoms with Gasteiger partial charge in [0.05, 0.1) is 19.3 Å². The van der Waals surface area contributed by atoms with Crippen LogP contribution in [0.5, 0.6) is 0 Å². The summed E-state index contributed by atoms with van der Waals surface area (Å²) in [6.07, 6.45) is 0. The van der Waals surface area contributed by atoms with Gasteiger partial charge in [-0.15, -0.1) is 0 Å². The Kier molecular flexibility index (Phi) is 6.13. The average molecular weight is 286 g/mol. The first-order valence-corrected chi connectivity index (χ1v) is 6.00. The van der Waals surface area contributed by atoms with Crippen molar-refractivity contribution in [1.29, 1.82) is 0 Å². The van der Waals surface area contributed by atoms with E-state index in [9.17, 15) is 9.59 Å². The van der Waals surface area contributed by atoms with Crippen LogP contribution in [0.15, 0.2) is 10.6 Å². The van der Waals surface area contributed by atoms with Gasteiger partial charge in [0, 0.05) is 26.8 Å². The summed E-state index contributed by atoms with van der Waals surface area (Å²) < 4.78 is 14.6. The van der Waals surface area contributed by atoms with Crippen LogP contribution in [-0.2, 0) is 9.47 Å². The fourth-order valence-corrected chi connectivity index (χ4v) is 1.67. The van der Waals surface area contributed by atoms with Crippen molar-refractivity contribution in [2.45, 2.75) is 13.0 Å². The van der Waals surface area contributed by atoms with Crippen LogP contribution < -0.4 is 0 Å². The van der Waals surface area contributed by atoms with Gasteiger partial charge in [-0.2, -0.15) is 0 Å². The van der Waals surface area contributed by atoms with E-state index in [0.29, 0.717) is 19.8 Å². The number of carboxylic acids is 1. The Labute approximate surface area is 116 Å². The monoisotopic (exact) mass is 286 g/mol. The number of carbonyl (C=O) groups is 2. The van der Waals surface area contributed by atoms with Crippen LogP contribution in [0.25, 0.3) is 0 Å². The first-order valence-electron chi connectivity index (χ1n) is 6.00. The Bertz CT molecular complexity index is 459. The van der Waals surface area contributed by atoms with Crippen molar-refractivity contribution in [1.82, 2.24) is 10.1 Å². The van der Waals surface area contributed by atoms with Gasteiger partial charge in [0.1, 0.15) is 0 Å². The Morgan fingerprint density at radius 2 is 2.15 bits per heavy atom. The molecular weight excluding hydrogens is 268 g/mol. The summed E-state index contributed by atoms with van der Waals surface area (Å²) >= 11 is 0. The van der Waals surface area contributed by atoms with E-state index in [0.717, 1.165) is 6.07 Å². The second-order valence-corrected chi connectivity index (χ2v) is 4.18. The molecule has 112 valence electrons. The van der Waals surface area contributed by atoms with Crippen LogP contribution in [0, 0.1) is 0 Å². The highest BCUT2D eigenvalue weighted by Crippen LogP contribution is 2.10. The van der Waals surface area contributed by atoms with Crippen LogP contribution in [0.3, 0.4) is 0 Å². The molecule has 1 heterocycles. The number of aromatic nitrogens is 1. The van der Waals surface area contributed by atoms with E-state index < -0.39 is 11.9 Å². The van der Waals surface area contributed by atoms with Crippen LogP contribution >= 0.6 is 0 Å². The molecule has 8 heteroatoms. The maximum atomic E-state index is 12.3. The lowest BCUT2D eigenvalue weighted by Crippen LogP contribution is -2.43. The van der Waals surface area contributed by atoms with Crippen LogP contribution in [0.4, 0.5) is 0 Å². The highest BCUT2D eigenvalue weighted by atomic mass is 16.5.